The number of benzene rings is 2. The minimum atomic E-state index is -0.461. The third-order valence-corrected chi connectivity index (χ3v) is 3.64. The maximum Gasteiger partial charge on any atom is 0.141 e. The van der Waals surface area contributed by atoms with Crippen molar-refractivity contribution >= 4 is 11.6 Å². The number of ether oxygens (including phenoxy) is 1. The van der Waals surface area contributed by atoms with E-state index in [1.165, 1.54) is 19.2 Å². The Morgan fingerprint density at radius 3 is 2.48 bits per heavy atom. The van der Waals surface area contributed by atoms with Crippen molar-refractivity contribution in [1.29, 1.82) is 0 Å². The van der Waals surface area contributed by atoms with Crippen LogP contribution in [0.15, 0.2) is 36.4 Å². The number of rotatable bonds is 5. The third kappa shape index (κ3) is 3.71. The van der Waals surface area contributed by atoms with Crippen molar-refractivity contribution in [2.45, 2.75) is 12.5 Å². The Labute approximate surface area is 127 Å². The summed E-state index contributed by atoms with van der Waals surface area (Å²) in [5, 5.41) is 3.13. The van der Waals surface area contributed by atoms with Gasteiger partial charge in [0.1, 0.15) is 17.4 Å². The smallest absolute Gasteiger partial charge is 0.141 e. The first-order chi connectivity index (χ1) is 10.0. The summed E-state index contributed by atoms with van der Waals surface area (Å²) in [4.78, 5) is 0. The van der Waals surface area contributed by atoms with Gasteiger partial charge >= 0.3 is 0 Å². The van der Waals surface area contributed by atoms with Gasteiger partial charge in [-0.05, 0) is 37.2 Å². The zero-order valence-corrected chi connectivity index (χ0v) is 12.5. The van der Waals surface area contributed by atoms with Gasteiger partial charge in [0.05, 0.1) is 12.1 Å². The zero-order chi connectivity index (χ0) is 15.4. The predicted octanol–water partition coefficient (Wildman–Crippen LogP) is 4.13. The quantitative estimate of drug-likeness (QED) is 0.896. The summed E-state index contributed by atoms with van der Waals surface area (Å²) < 4.78 is 32.3. The molecule has 0 aliphatic heterocycles. The molecule has 0 saturated carbocycles. The number of hydrogen-bond donors (Lipinski definition) is 1. The van der Waals surface area contributed by atoms with Crippen LogP contribution in [0.2, 0.25) is 5.02 Å². The lowest BCUT2D eigenvalue weighted by molar-refractivity contribution is 0.409. The lowest BCUT2D eigenvalue weighted by atomic mass is 9.98. The summed E-state index contributed by atoms with van der Waals surface area (Å²) in [6.45, 7) is 0. The fourth-order valence-electron chi connectivity index (χ4n) is 2.19. The van der Waals surface area contributed by atoms with Crippen LogP contribution in [0.25, 0.3) is 0 Å². The molecule has 5 heteroatoms. The lowest BCUT2D eigenvalue weighted by Crippen LogP contribution is -2.20. The molecule has 0 spiro atoms. The Morgan fingerprint density at radius 1 is 1.14 bits per heavy atom. The van der Waals surface area contributed by atoms with Gasteiger partial charge in [-0.15, -0.1) is 0 Å². The van der Waals surface area contributed by atoms with Crippen molar-refractivity contribution in [3.05, 3.63) is 64.2 Å². The lowest BCUT2D eigenvalue weighted by Gasteiger charge is -2.18. The number of hydrogen-bond acceptors (Lipinski definition) is 2. The number of halogens is 3. The molecule has 0 saturated heterocycles. The van der Waals surface area contributed by atoms with E-state index in [2.05, 4.69) is 5.32 Å². The van der Waals surface area contributed by atoms with Crippen LogP contribution in [0.1, 0.15) is 17.2 Å². The Kier molecular flexibility index (Phi) is 5.15. The summed E-state index contributed by atoms with van der Waals surface area (Å²) in [5.41, 5.74) is 1.36. The van der Waals surface area contributed by atoms with Crippen molar-refractivity contribution in [2.75, 3.05) is 14.2 Å². The summed E-state index contributed by atoms with van der Waals surface area (Å²) in [7, 11) is 3.24. The highest BCUT2D eigenvalue weighted by Gasteiger charge is 2.16. The maximum absolute atomic E-state index is 14.1. The largest absolute Gasteiger partial charge is 0.497 e. The molecule has 0 aliphatic rings. The Bertz CT molecular complexity index is 634. The highest BCUT2D eigenvalue weighted by molar-refractivity contribution is 6.30. The van der Waals surface area contributed by atoms with Crippen molar-refractivity contribution in [3.8, 4) is 5.75 Å². The van der Waals surface area contributed by atoms with Gasteiger partial charge in [0.2, 0.25) is 0 Å². The van der Waals surface area contributed by atoms with E-state index in [4.69, 9.17) is 16.3 Å². The Balaban J connectivity index is 2.25. The van der Waals surface area contributed by atoms with Crippen LogP contribution in [-0.2, 0) is 6.42 Å². The van der Waals surface area contributed by atoms with E-state index in [1.54, 1.807) is 31.3 Å². The molecule has 1 N–H and O–H groups in total. The van der Waals surface area contributed by atoms with E-state index in [0.717, 1.165) is 5.56 Å². The van der Waals surface area contributed by atoms with E-state index < -0.39 is 5.82 Å². The van der Waals surface area contributed by atoms with Crippen LogP contribution in [0.4, 0.5) is 8.78 Å². The van der Waals surface area contributed by atoms with Crippen LogP contribution < -0.4 is 10.1 Å². The van der Waals surface area contributed by atoms with Crippen molar-refractivity contribution in [3.63, 3.8) is 0 Å². The molecule has 2 aromatic carbocycles. The van der Waals surface area contributed by atoms with Gasteiger partial charge in [-0.3, -0.25) is 0 Å². The standard InChI is InChI=1S/C16H16ClF2NO/c1-20-16(8-10-3-6-14(18)13(17)7-10)12-5-4-11(21-2)9-15(12)19/h3-7,9,16,20H,8H2,1-2H3. The van der Waals surface area contributed by atoms with Gasteiger partial charge in [-0.1, -0.05) is 23.7 Å². The molecule has 21 heavy (non-hydrogen) atoms. The highest BCUT2D eigenvalue weighted by Crippen LogP contribution is 2.26. The zero-order valence-electron chi connectivity index (χ0n) is 11.8. The molecular weight excluding hydrogens is 296 g/mol. The molecule has 112 valence electrons. The molecule has 0 aromatic heterocycles. The molecule has 0 radical (unpaired) electrons. The van der Waals surface area contributed by atoms with Gasteiger partial charge in [0.25, 0.3) is 0 Å². The Morgan fingerprint density at radius 2 is 1.90 bits per heavy atom. The Hall–Kier alpha value is -1.65. The SMILES string of the molecule is CNC(Cc1ccc(F)c(Cl)c1)c1ccc(OC)cc1F. The summed E-state index contributed by atoms with van der Waals surface area (Å²) in [6, 6.07) is 9.01. The second-order valence-electron chi connectivity index (χ2n) is 4.68. The van der Waals surface area contributed by atoms with Crippen molar-refractivity contribution in [2.24, 2.45) is 0 Å². The minimum absolute atomic E-state index is 0.0672. The van der Waals surface area contributed by atoms with E-state index in [9.17, 15) is 8.78 Å². The van der Waals surface area contributed by atoms with E-state index in [-0.39, 0.29) is 16.9 Å². The predicted molar refractivity (Wildman–Crippen MR) is 79.9 cm³/mol. The van der Waals surface area contributed by atoms with Crippen molar-refractivity contribution < 1.29 is 13.5 Å². The fraction of sp³-hybridized carbons (Fsp3) is 0.250. The van der Waals surface area contributed by atoms with Crippen LogP contribution in [0.5, 0.6) is 5.75 Å². The first-order valence-electron chi connectivity index (χ1n) is 6.49. The van der Waals surface area contributed by atoms with E-state index in [1.807, 2.05) is 0 Å². The van der Waals surface area contributed by atoms with E-state index >= 15 is 0 Å². The second kappa shape index (κ2) is 6.87. The monoisotopic (exact) mass is 311 g/mol. The molecule has 1 unspecified atom stereocenters. The van der Waals surface area contributed by atoms with Crippen LogP contribution in [0.3, 0.4) is 0 Å². The van der Waals surface area contributed by atoms with Gasteiger partial charge in [-0.2, -0.15) is 0 Å². The average molecular weight is 312 g/mol. The average Bonchev–Trinajstić information content (AvgIpc) is 2.48. The first kappa shape index (κ1) is 15.7. The minimum Gasteiger partial charge on any atom is -0.497 e. The molecule has 0 bridgehead atoms. The maximum atomic E-state index is 14.1. The van der Waals surface area contributed by atoms with E-state index in [0.29, 0.717) is 17.7 Å². The molecular formula is C16H16ClF2NO. The summed E-state index contributed by atoms with van der Waals surface area (Å²) >= 11 is 5.77. The number of nitrogens with one attached hydrogen (secondary N) is 1. The van der Waals surface area contributed by atoms with Crippen LogP contribution in [-0.4, -0.2) is 14.2 Å². The molecule has 1 atom stereocenters. The van der Waals surface area contributed by atoms with Gasteiger partial charge in [0, 0.05) is 17.7 Å². The molecule has 0 amide bonds. The second-order valence-corrected chi connectivity index (χ2v) is 5.09. The first-order valence-corrected chi connectivity index (χ1v) is 6.87. The molecule has 0 fully saturated rings. The van der Waals surface area contributed by atoms with Gasteiger partial charge < -0.3 is 10.1 Å². The van der Waals surface area contributed by atoms with Crippen LogP contribution >= 0.6 is 11.6 Å². The number of likely N-dealkylation sites (N-methyl/N-ethyl adjacent to an activating group) is 1. The van der Waals surface area contributed by atoms with Crippen LogP contribution in [0, 0.1) is 11.6 Å². The molecule has 0 aliphatic carbocycles. The summed E-state index contributed by atoms with van der Waals surface area (Å²) in [6.07, 6.45) is 0.500. The molecule has 2 rings (SSSR count). The summed E-state index contributed by atoms with van der Waals surface area (Å²) in [5.74, 6) is -0.338. The van der Waals surface area contributed by atoms with Gasteiger partial charge in [0.15, 0.2) is 0 Å². The topological polar surface area (TPSA) is 21.3 Å². The van der Waals surface area contributed by atoms with Crippen molar-refractivity contribution in [1.82, 2.24) is 5.32 Å². The van der Waals surface area contributed by atoms with Gasteiger partial charge in [-0.25, -0.2) is 8.78 Å². The molecule has 2 aromatic rings. The normalized spacial score (nSPS) is 12.2. The third-order valence-electron chi connectivity index (χ3n) is 3.36. The highest BCUT2D eigenvalue weighted by atomic mass is 35.5. The molecule has 0 heterocycles. The fourth-order valence-corrected chi connectivity index (χ4v) is 2.39. The molecule has 2 nitrogen and oxygen atoms in total. The number of methoxy groups -OCH3 is 1.